The molecule has 0 aliphatic carbocycles. The summed E-state index contributed by atoms with van der Waals surface area (Å²) in [6.07, 6.45) is -0.130. The van der Waals surface area contributed by atoms with Crippen molar-refractivity contribution in [3.63, 3.8) is 0 Å². The largest absolute Gasteiger partial charge is 0.369 e. The molecule has 2 aromatic heterocycles. The first-order chi connectivity index (χ1) is 11.2. The Morgan fingerprint density at radius 1 is 0.739 bits per heavy atom. The van der Waals surface area contributed by atoms with Gasteiger partial charge in [0.15, 0.2) is 0 Å². The van der Waals surface area contributed by atoms with Gasteiger partial charge in [0, 0.05) is 28.9 Å². The van der Waals surface area contributed by atoms with Gasteiger partial charge in [-0.3, -0.25) is 0 Å². The van der Waals surface area contributed by atoms with E-state index in [1.807, 2.05) is 0 Å². The number of hydrogen-bond acceptors (Lipinski definition) is 1. The average molecular weight is 304 g/mol. The number of benzene rings is 2. The molecule has 0 radical (unpaired) electrons. The lowest BCUT2D eigenvalue weighted by Crippen LogP contribution is -2.07. The number of aromatic nitrogens is 2. The molecule has 0 fully saturated rings. The number of para-hydroxylation sites is 2. The first-order valence-electron chi connectivity index (χ1n) is 7.88. The van der Waals surface area contributed by atoms with Crippen LogP contribution in [0.25, 0.3) is 21.8 Å². The molecular weight excluding hydrogens is 284 g/mol. The molecule has 0 aliphatic rings. The maximum absolute atomic E-state index is 5.88. The van der Waals surface area contributed by atoms with Gasteiger partial charge in [-0.2, -0.15) is 0 Å². The molecule has 0 saturated heterocycles. The first kappa shape index (κ1) is 14.1. The second kappa shape index (κ2) is 5.28. The van der Waals surface area contributed by atoms with Crippen molar-refractivity contribution in [3.05, 3.63) is 71.0 Å². The van der Waals surface area contributed by atoms with Crippen LogP contribution in [0.1, 0.15) is 28.6 Å². The van der Waals surface area contributed by atoms with E-state index in [0.717, 1.165) is 22.4 Å². The minimum Gasteiger partial charge on any atom is -0.369 e. The molecule has 0 saturated carbocycles. The second-order valence-corrected chi connectivity index (χ2v) is 6.03. The quantitative estimate of drug-likeness (QED) is 0.549. The van der Waals surface area contributed by atoms with Gasteiger partial charge in [-0.15, -0.1) is 0 Å². The minimum atomic E-state index is -0.130. The van der Waals surface area contributed by atoms with Crippen molar-refractivity contribution >= 4 is 21.8 Å². The van der Waals surface area contributed by atoms with Crippen molar-refractivity contribution < 1.29 is 4.74 Å². The van der Waals surface area contributed by atoms with Gasteiger partial charge < -0.3 is 14.7 Å². The number of aryl methyl sites for hydroxylation is 2. The number of nitrogens with one attached hydrogen (secondary N) is 2. The highest BCUT2D eigenvalue weighted by Crippen LogP contribution is 2.35. The highest BCUT2D eigenvalue weighted by Gasteiger charge is 2.23. The number of ether oxygens (including phenoxy) is 1. The molecule has 2 aromatic carbocycles. The summed E-state index contributed by atoms with van der Waals surface area (Å²) in [6, 6.07) is 16.8. The van der Waals surface area contributed by atoms with E-state index in [-0.39, 0.29) is 6.10 Å². The van der Waals surface area contributed by atoms with E-state index in [1.165, 1.54) is 21.9 Å². The van der Waals surface area contributed by atoms with Crippen LogP contribution in [0.3, 0.4) is 0 Å². The Kier molecular flexibility index (Phi) is 3.24. The predicted octanol–water partition coefficient (Wildman–Crippen LogP) is 5.00. The number of hydrogen-bond donors (Lipinski definition) is 2. The van der Waals surface area contributed by atoms with Gasteiger partial charge in [0.2, 0.25) is 0 Å². The summed E-state index contributed by atoms with van der Waals surface area (Å²) >= 11 is 0. The Balaban J connectivity index is 1.92. The van der Waals surface area contributed by atoms with Gasteiger partial charge in [-0.25, -0.2) is 0 Å². The fourth-order valence-corrected chi connectivity index (χ4v) is 3.51. The van der Waals surface area contributed by atoms with Crippen molar-refractivity contribution in [2.75, 3.05) is 7.11 Å². The smallest absolute Gasteiger partial charge is 0.137 e. The van der Waals surface area contributed by atoms with E-state index in [2.05, 4.69) is 72.3 Å². The van der Waals surface area contributed by atoms with Crippen LogP contribution in [0.15, 0.2) is 48.5 Å². The maximum Gasteiger partial charge on any atom is 0.137 e. The Labute approximate surface area is 135 Å². The lowest BCUT2D eigenvalue weighted by atomic mass is 10.0. The van der Waals surface area contributed by atoms with E-state index in [1.54, 1.807) is 7.11 Å². The van der Waals surface area contributed by atoms with Gasteiger partial charge >= 0.3 is 0 Å². The molecular formula is C20H20N2O. The van der Waals surface area contributed by atoms with Gasteiger partial charge in [0.25, 0.3) is 0 Å². The molecule has 116 valence electrons. The highest BCUT2D eigenvalue weighted by atomic mass is 16.5. The van der Waals surface area contributed by atoms with Crippen molar-refractivity contribution in [1.29, 1.82) is 0 Å². The topological polar surface area (TPSA) is 40.8 Å². The normalized spacial score (nSPS) is 11.8. The van der Waals surface area contributed by atoms with Crippen LogP contribution in [-0.2, 0) is 4.74 Å². The highest BCUT2D eigenvalue weighted by molar-refractivity contribution is 5.86. The minimum absolute atomic E-state index is 0.130. The molecule has 4 aromatic rings. The summed E-state index contributed by atoms with van der Waals surface area (Å²) < 4.78 is 5.88. The molecule has 0 atom stereocenters. The van der Waals surface area contributed by atoms with Gasteiger partial charge in [-0.05, 0) is 37.1 Å². The molecule has 23 heavy (non-hydrogen) atoms. The molecule has 0 amide bonds. The Morgan fingerprint density at radius 3 is 1.57 bits per heavy atom. The molecule has 2 N–H and O–H groups in total. The molecule has 3 nitrogen and oxygen atoms in total. The summed E-state index contributed by atoms with van der Waals surface area (Å²) in [5, 5.41) is 2.50. The van der Waals surface area contributed by atoms with E-state index in [0.29, 0.717) is 0 Å². The zero-order chi connectivity index (χ0) is 16.0. The molecule has 0 unspecified atom stereocenters. The Bertz CT molecular complexity index is 913. The summed E-state index contributed by atoms with van der Waals surface area (Å²) in [7, 11) is 1.76. The predicted molar refractivity (Wildman–Crippen MR) is 94.9 cm³/mol. The molecule has 2 heterocycles. The second-order valence-electron chi connectivity index (χ2n) is 6.03. The summed E-state index contributed by atoms with van der Waals surface area (Å²) in [4.78, 5) is 7.08. The number of H-pyrrole nitrogens is 2. The summed E-state index contributed by atoms with van der Waals surface area (Å²) in [5.74, 6) is 0. The number of aromatic amines is 2. The van der Waals surface area contributed by atoms with Crippen LogP contribution in [0.5, 0.6) is 0 Å². The number of fused-ring (bicyclic) bond motifs is 2. The van der Waals surface area contributed by atoms with Gasteiger partial charge in [0.1, 0.15) is 6.10 Å². The van der Waals surface area contributed by atoms with Crippen molar-refractivity contribution in [1.82, 2.24) is 9.97 Å². The van der Waals surface area contributed by atoms with Gasteiger partial charge in [0.05, 0.1) is 11.4 Å². The monoisotopic (exact) mass is 304 g/mol. The lowest BCUT2D eigenvalue weighted by molar-refractivity contribution is 0.129. The standard InChI is InChI=1S/C20H20N2O/c1-12-14-8-4-6-10-16(14)21-18(12)20(23-3)19-13(2)15-9-5-7-11-17(15)22-19/h4-11,20-22H,1-3H3. The molecule has 3 heteroatoms. The lowest BCUT2D eigenvalue weighted by Gasteiger charge is -2.15. The maximum atomic E-state index is 5.88. The fraction of sp³-hybridized carbons (Fsp3) is 0.200. The third kappa shape index (κ3) is 2.08. The molecule has 0 spiro atoms. The first-order valence-corrected chi connectivity index (χ1v) is 7.88. The van der Waals surface area contributed by atoms with Crippen molar-refractivity contribution in [3.8, 4) is 0 Å². The van der Waals surface area contributed by atoms with Crippen LogP contribution < -0.4 is 0 Å². The van der Waals surface area contributed by atoms with Gasteiger partial charge in [-0.1, -0.05) is 36.4 Å². The van der Waals surface area contributed by atoms with Crippen LogP contribution in [0.2, 0.25) is 0 Å². The number of methoxy groups -OCH3 is 1. The number of rotatable bonds is 3. The summed E-state index contributed by atoms with van der Waals surface area (Å²) in [6.45, 7) is 4.30. The molecule has 4 rings (SSSR count). The zero-order valence-corrected chi connectivity index (χ0v) is 13.6. The fourth-order valence-electron chi connectivity index (χ4n) is 3.51. The third-order valence-electron chi connectivity index (χ3n) is 4.77. The van der Waals surface area contributed by atoms with Crippen molar-refractivity contribution in [2.45, 2.75) is 20.0 Å². The average Bonchev–Trinajstić information content (AvgIpc) is 3.08. The van der Waals surface area contributed by atoms with Crippen LogP contribution in [0, 0.1) is 13.8 Å². The molecule has 0 aliphatic heterocycles. The Morgan fingerprint density at radius 2 is 1.17 bits per heavy atom. The summed E-state index contributed by atoms with van der Waals surface area (Å²) in [5.41, 5.74) is 7.01. The molecule has 0 bridgehead atoms. The van der Waals surface area contributed by atoms with Crippen molar-refractivity contribution in [2.24, 2.45) is 0 Å². The van der Waals surface area contributed by atoms with E-state index in [9.17, 15) is 0 Å². The van der Waals surface area contributed by atoms with Crippen LogP contribution >= 0.6 is 0 Å². The van der Waals surface area contributed by atoms with Crippen LogP contribution in [-0.4, -0.2) is 17.1 Å². The third-order valence-corrected chi connectivity index (χ3v) is 4.77. The van der Waals surface area contributed by atoms with E-state index < -0.39 is 0 Å². The van der Waals surface area contributed by atoms with E-state index >= 15 is 0 Å². The SMILES string of the molecule is COC(c1[nH]c2ccccc2c1C)c1[nH]c2ccccc2c1C. The van der Waals surface area contributed by atoms with Crippen LogP contribution in [0.4, 0.5) is 0 Å². The Hall–Kier alpha value is -2.52. The van der Waals surface area contributed by atoms with E-state index in [4.69, 9.17) is 4.74 Å². The zero-order valence-electron chi connectivity index (χ0n) is 13.6.